The minimum Gasteiger partial charge on any atom is -0.494 e. The van der Waals surface area contributed by atoms with Crippen LogP contribution in [0.5, 0.6) is 5.75 Å². The first-order chi connectivity index (χ1) is 16.2. The van der Waals surface area contributed by atoms with Crippen LogP contribution in [0.1, 0.15) is 58.7 Å². The molecule has 0 saturated heterocycles. The molecule has 1 amide bonds. The fourth-order valence-corrected chi connectivity index (χ4v) is 4.32. The van der Waals surface area contributed by atoms with Gasteiger partial charge in [0.2, 0.25) is 0 Å². The maximum Gasteiger partial charge on any atom is 0.273 e. The van der Waals surface area contributed by atoms with Crippen molar-refractivity contribution in [2.45, 2.75) is 39.3 Å². The number of nitrogens with zero attached hydrogens (tertiary/aromatic N) is 2. The highest BCUT2D eigenvalue weighted by atomic mass is 16.5. The number of carbonyl (C=O) groups is 1. The number of unbranched alkanes of at least 4 members (excludes halogenated alkanes) is 1. The summed E-state index contributed by atoms with van der Waals surface area (Å²) in [5, 5.41) is 7.56. The number of amides is 1. The second kappa shape index (κ2) is 8.98. The van der Waals surface area contributed by atoms with Gasteiger partial charge in [0.1, 0.15) is 17.2 Å². The molecule has 1 aliphatic rings. The number of fused-ring (bicyclic) bond motifs is 1. The minimum atomic E-state index is -0.303. The van der Waals surface area contributed by atoms with Crippen molar-refractivity contribution in [3.8, 4) is 17.0 Å². The standard InChI is InChI=1S/C27H27N3O3/c1-3-4-14-32-21-8-5-7-20(16-21)26-23-24(19-12-10-18(2)11-13-19)28-29-25(23)27(31)30(26)17-22-9-6-15-33-22/h5-13,15-16,26H,3-4,14,17H2,1-2H3,(H,28,29). The zero-order valence-electron chi connectivity index (χ0n) is 18.9. The molecular weight excluding hydrogens is 414 g/mol. The second-order valence-electron chi connectivity index (χ2n) is 8.42. The van der Waals surface area contributed by atoms with Crippen molar-refractivity contribution in [2.75, 3.05) is 6.61 Å². The average Bonchev–Trinajstić information content (AvgIpc) is 3.55. The molecule has 6 heteroatoms. The third-order valence-electron chi connectivity index (χ3n) is 6.04. The number of aryl methyl sites for hydroxylation is 1. The summed E-state index contributed by atoms with van der Waals surface area (Å²) in [5.74, 6) is 1.45. The van der Waals surface area contributed by atoms with E-state index in [1.54, 1.807) is 6.26 Å². The maximum absolute atomic E-state index is 13.5. The molecule has 2 aromatic carbocycles. The van der Waals surface area contributed by atoms with Gasteiger partial charge in [-0.05, 0) is 43.2 Å². The highest BCUT2D eigenvalue weighted by Gasteiger charge is 2.42. The number of nitrogens with one attached hydrogen (secondary N) is 1. The third-order valence-corrected chi connectivity index (χ3v) is 6.04. The monoisotopic (exact) mass is 441 g/mol. The van der Waals surface area contributed by atoms with Crippen molar-refractivity contribution < 1.29 is 13.9 Å². The van der Waals surface area contributed by atoms with E-state index in [1.165, 1.54) is 5.56 Å². The molecule has 33 heavy (non-hydrogen) atoms. The fourth-order valence-electron chi connectivity index (χ4n) is 4.32. The zero-order chi connectivity index (χ0) is 22.8. The second-order valence-corrected chi connectivity index (χ2v) is 8.42. The molecule has 0 aliphatic carbocycles. The van der Waals surface area contributed by atoms with Crippen LogP contribution in [-0.2, 0) is 6.54 Å². The maximum atomic E-state index is 13.5. The summed E-state index contributed by atoms with van der Waals surface area (Å²) in [4.78, 5) is 15.3. The Morgan fingerprint density at radius 3 is 2.73 bits per heavy atom. The van der Waals surface area contributed by atoms with E-state index in [9.17, 15) is 4.79 Å². The topological polar surface area (TPSA) is 71.4 Å². The van der Waals surface area contributed by atoms with Gasteiger partial charge in [0.05, 0.1) is 31.2 Å². The van der Waals surface area contributed by atoms with Gasteiger partial charge in [0.15, 0.2) is 0 Å². The van der Waals surface area contributed by atoms with Crippen LogP contribution in [0.2, 0.25) is 0 Å². The van der Waals surface area contributed by atoms with Gasteiger partial charge in [-0.25, -0.2) is 0 Å². The number of aromatic nitrogens is 2. The van der Waals surface area contributed by atoms with Gasteiger partial charge >= 0.3 is 0 Å². The lowest BCUT2D eigenvalue weighted by Gasteiger charge is -2.26. The molecule has 3 heterocycles. The van der Waals surface area contributed by atoms with Crippen LogP contribution in [0.25, 0.3) is 11.3 Å². The van der Waals surface area contributed by atoms with Crippen LogP contribution >= 0.6 is 0 Å². The van der Waals surface area contributed by atoms with Crippen LogP contribution in [0.4, 0.5) is 0 Å². The van der Waals surface area contributed by atoms with Gasteiger partial charge in [0.25, 0.3) is 5.91 Å². The summed E-state index contributed by atoms with van der Waals surface area (Å²) in [7, 11) is 0. The SMILES string of the molecule is CCCCOc1cccc(C2c3c(-c4ccc(C)cc4)n[nH]c3C(=O)N2Cc2ccco2)c1. The van der Waals surface area contributed by atoms with Crippen molar-refractivity contribution >= 4 is 5.91 Å². The predicted octanol–water partition coefficient (Wildman–Crippen LogP) is 5.90. The number of benzene rings is 2. The lowest BCUT2D eigenvalue weighted by atomic mass is 9.95. The van der Waals surface area contributed by atoms with Gasteiger partial charge in [-0.1, -0.05) is 55.3 Å². The quantitative estimate of drug-likeness (QED) is 0.346. The summed E-state index contributed by atoms with van der Waals surface area (Å²) in [6.45, 7) is 5.24. The number of carbonyl (C=O) groups excluding carboxylic acids is 1. The van der Waals surface area contributed by atoms with Crippen LogP contribution in [0.3, 0.4) is 0 Å². The molecule has 6 nitrogen and oxygen atoms in total. The summed E-state index contributed by atoms with van der Waals surface area (Å²) in [6, 6.07) is 19.7. The molecule has 1 N–H and O–H groups in total. The average molecular weight is 442 g/mol. The Morgan fingerprint density at radius 1 is 1.12 bits per heavy atom. The van der Waals surface area contributed by atoms with Gasteiger partial charge in [-0.3, -0.25) is 9.89 Å². The van der Waals surface area contributed by atoms with Crippen LogP contribution in [0, 0.1) is 6.92 Å². The van der Waals surface area contributed by atoms with E-state index in [2.05, 4.69) is 36.2 Å². The van der Waals surface area contributed by atoms with E-state index in [0.29, 0.717) is 18.8 Å². The van der Waals surface area contributed by atoms with Crippen molar-refractivity contribution in [3.05, 3.63) is 95.1 Å². The normalized spacial score (nSPS) is 15.2. The van der Waals surface area contributed by atoms with Gasteiger partial charge in [0, 0.05) is 11.1 Å². The van der Waals surface area contributed by atoms with Crippen molar-refractivity contribution in [1.29, 1.82) is 0 Å². The van der Waals surface area contributed by atoms with Crippen LogP contribution < -0.4 is 4.74 Å². The lowest BCUT2D eigenvalue weighted by Crippen LogP contribution is -2.29. The molecule has 5 rings (SSSR count). The number of ether oxygens (including phenoxy) is 1. The molecule has 0 saturated carbocycles. The Bertz CT molecular complexity index is 1240. The zero-order valence-corrected chi connectivity index (χ0v) is 18.9. The molecule has 0 spiro atoms. The molecule has 0 bridgehead atoms. The fraction of sp³-hybridized carbons (Fsp3) is 0.259. The first-order valence-corrected chi connectivity index (χ1v) is 11.4. The first kappa shape index (κ1) is 21.1. The van der Waals surface area contributed by atoms with Gasteiger partial charge < -0.3 is 14.1 Å². The first-order valence-electron chi connectivity index (χ1n) is 11.4. The summed E-state index contributed by atoms with van der Waals surface area (Å²) in [6.07, 6.45) is 3.71. The molecule has 2 aromatic heterocycles. The molecule has 1 aliphatic heterocycles. The Hall–Kier alpha value is -3.80. The molecule has 4 aromatic rings. The van der Waals surface area contributed by atoms with E-state index in [-0.39, 0.29) is 11.9 Å². The Balaban J connectivity index is 1.59. The summed E-state index contributed by atoms with van der Waals surface area (Å²) in [5.41, 5.74) is 5.35. The third kappa shape index (κ3) is 4.04. The highest BCUT2D eigenvalue weighted by Crippen LogP contribution is 2.44. The molecule has 1 unspecified atom stereocenters. The number of aromatic amines is 1. The number of H-pyrrole nitrogens is 1. The number of hydrogen-bond acceptors (Lipinski definition) is 4. The van der Waals surface area contributed by atoms with Crippen molar-refractivity contribution in [1.82, 2.24) is 15.1 Å². The van der Waals surface area contributed by atoms with Crippen molar-refractivity contribution in [2.24, 2.45) is 0 Å². The van der Waals surface area contributed by atoms with Gasteiger partial charge in [-0.2, -0.15) is 5.10 Å². The largest absolute Gasteiger partial charge is 0.494 e. The Labute approximate surface area is 193 Å². The molecule has 0 fully saturated rings. The van der Waals surface area contributed by atoms with Crippen molar-refractivity contribution in [3.63, 3.8) is 0 Å². The number of furan rings is 1. The van der Waals surface area contributed by atoms with Gasteiger partial charge in [-0.15, -0.1) is 0 Å². The Morgan fingerprint density at radius 2 is 1.97 bits per heavy atom. The van der Waals surface area contributed by atoms with Crippen LogP contribution in [-0.4, -0.2) is 27.6 Å². The van der Waals surface area contributed by atoms with E-state index < -0.39 is 0 Å². The lowest BCUT2D eigenvalue weighted by molar-refractivity contribution is 0.0716. The van der Waals surface area contributed by atoms with E-state index in [1.807, 2.05) is 53.4 Å². The molecule has 0 radical (unpaired) electrons. The smallest absolute Gasteiger partial charge is 0.273 e. The Kier molecular flexibility index (Phi) is 5.73. The highest BCUT2D eigenvalue weighted by molar-refractivity contribution is 6.00. The van der Waals surface area contributed by atoms with Crippen LogP contribution in [0.15, 0.2) is 71.3 Å². The molecular formula is C27H27N3O3. The molecule has 1 atom stereocenters. The predicted molar refractivity (Wildman–Crippen MR) is 126 cm³/mol. The van der Waals surface area contributed by atoms with E-state index in [0.717, 1.165) is 46.7 Å². The summed E-state index contributed by atoms with van der Waals surface area (Å²) < 4.78 is 11.5. The van der Waals surface area contributed by atoms with E-state index in [4.69, 9.17) is 9.15 Å². The number of rotatable bonds is 8. The van der Waals surface area contributed by atoms with E-state index >= 15 is 0 Å². The minimum absolute atomic E-state index is 0.0884. The molecule has 168 valence electrons. The number of hydrogen-bond donors (Lipinski definition) is 1. The summed E-state index contributed by atoms with van der Waals surface area (Å²) >= 11 is 0.